The van der Waals surface area contributed by atoms with Crippen molar-refractivity contribution in [1.29, 1.82) is 0 Å². The molecule has 0 aliphatic rings. The van der Waals surface area contributed by atoms with Crippen LogP contribution in [0.1, 0.15) is 10.4 Å². The first-order valence-electron chi connectivity index (χ1n) is 6.65. The summed E-state index contributed by atoms with van der Waals surface area (Å²) < 4.78 is 8.49. The molecule has 0 aliphatic carbocycles. The Balaban J connectivity index is 2.00. The number of aryl methyl sites for hydroxylation is 1. The molecule has 0 fully saturated rings. The predicted octanol–water partition coefficient (Wildman–Crippen LogP) is 3.32. The number of rotatable bonds is 3. The summed E-state index contributed by atoms with van der Waals surface area (Å²) in [6.07, 6.45) is 5.60. The minimum Gasteiger partial charge on any atom is -0.465 e. The van der Waals surface area contributed by atoms with Gasteiger partial charge in [0.1, 0.15) is 5.82 Å². The SMILES string of the molecule is COC(=O)c1cc(-c2cnn(-c3cccn3C)c2)ccc1Cl. The lowest BCUT2D eigenvalue weighted by molar-refractivity contribution is 0.0601. The molecule has 0 saturated heterocycles. The molecule has 0 aliphatic heterocycles. The van der Waals surface area contributed by atoms with Gasteiger partial charge in [-0.2, -0.15) is 5.10 Å². The zero-order valence-electron chi connectivity index (χ0n) is 12.2. The fourth-order valence-electron chi connectivity index (χ4n) is 2.26. The van der Waals surface area contributed by atoms with Gasteiger partial charge in [0, 0.05) is 25.0 Å². The number of carbonyl (C=O) groups excluding carboxylic acids is 1. The van der Waals surface area contributed by atoms with Crippen LogP contribution < -0.4 is 0 Å². The molecule has 0 unspecified atom stereocenters. The Hall–Kier alpha value is -2.53. The maximum atomic E-state index is 11.7. The summed E-state index contributed by atoms with van der Waals surface area (Å²) in [4.78, 5) is 11.7. The Morgan fingerprint density at radius 3 is 2.77 bits per heavy atom. The summed E-state index contributed by atoms with van der Waals surface area (Å²) >= 11 is 6.04. The van der Waals surface area contributed by atoms with E-state index < -0.39 is 5.97 Å². The highest BCUT2D eigenvalue weighted by Gasteiger charge is 2.13. The molecule has 0 amide bonds. The Bertz CT molecular complexity index is 836. The first kappa shape index (κ1) is 14.4. The molecular formula is C16H14ClN3O2. The standard InChI is InChI=1S/C16H14ClN3O2/c1-19-7-3-4-15(19)20-10-12(9-18-20)11-5-6-14(17)13(8-11)16(21)22-2/h3-10H,1-2H3. The monoisotopic (exact) mass is 315 g/mol. The largest absolute Gasteiger partial charge is 0.465 e. The van der Waals surface area contributed by atoms with Gasteiger partial charge in [0.25, 0.3) is 0 Å². The molecule has 112 valence electrons. The number of hydrogen-bond acceptors (Lipinski definition) is 3. The number of esters is 1. The Morgan fingerprint density at radius 1 is 1.27 bits per heavy atom. The third kappa shape index (κ3) is 2.51. The molecule has 0 atom stereocenters. The zero-order valence-corrected chi connectivity index (χ0v) is 12.9. The minimum absolute atomic E-state index is 0.341. The van der Waals surface area contributed by atoms with Crippen molar-refractivity contribution in [2.45, 2.75) is 0 Å². The van der Waals surface area contributed by atoms with E-state index in [1.165, 1.54) is 7.11 Å². The number of benzene rings is 1. The van der Waals surface area contributed by atoms with Crippen molar-refractivity contribution < 1.29 is 9.53 Å². The van der Waals surface area contributed by atoms with Crippen LogP contribution in [0.3, 0.4) is 0 Å². The van der Waals surface area contributed by atoms with E-state index in [4.69, 9.17) is 16.3 Å². The van der Waals surface area contributed by atoms with Crippen molar-refractivity contribution >= 4 is 17.6 Å². The van der Waals surface area contributed by atoms with E-state index in [9.17, 15) is 4.79 Å². The van der Waals surface area contributed by atoms with E-state index in [0.717, 1.165) is 16.9 Å². The molecule has 22 heavy (non-hydrogen) atoms. The lowest BCUT2D eigenvalue weighted by atomic mass is 10.1. The molecule has 0 N–H and O–H groups in total. The van der Waals surface area contributed by atoms with Crippen LogP contribution in [-0.2, 0) is 11.8 Å². The second-order valence-corrected chi connectivity index (χ2v) is 5.24. The third-order valence-corrected chi connectivity index (χ3v) is 3.77. The Labute approximate surface area is 132 Å². The molecule has 0 radical (unpaired) electrons. The molecule has 3 rings (SSSR count). The molecule has 0 spiro atoms. The van der Waals surface area contributed by atoms with Gasteiger partial charge < -0.3 is 9.30 Å². The van der Waals surface area contributed by atoms with Gasteiger partial charge in [0.15, 0.2) is 0 Å². The summed E-state index contributed by atoms with van der Waals surface area (Å²) in [5.41, 5.74) is 2.08. The van der Waals surface area contributed by atoms with Crippen molar-refractivity contribution in [1.82, 2.24) is 14.3 Å². The Kier molecular flexibility index (Phi) is 3.73. The minimum atomic E-state index is -0.457. The summed E-state index contributed by atoms with van der Waals surface area (Å²) in [5, 5.41) is 4.73. The van der Waals surface area contributed by atoms with Crippen molar-refractivity contribution in [3.05, 3.63) is 59.5 Å². The van der Waals surface area contributed by atoms with Gasteiger partial charge in [-0.25, -0.2) is 9.48 Å². The second kappa shape index (κ2) is 5.69. The number of hydrogen-bond donors (Lipinski definition) is 0. The van der Waals surface area contributed by atoms with Crippen molar-refractivity contribution in [3.8, 4) is 16.9 Å². The topological polar surface area (TPSA) is 49.0 Å². The highest BCUT2D eigenvalue weighted by molar-refractivity contribution is 6.33. The summed E-state index contributed by atoms with van der Waals surface area (Å²) in [6, 6.07) is 9.16. The first-order valence-corrected chi connectivity index (χ1v) is 7.02. The van der Waals surface area contributed by atoms with Crippen LogP contribution >= 0.6 is 11.6 Å². The molecule has 2 heterocycles. The number of aromatic nitrogens is 3. The van der Waals surface area contributed by atoms with Crippen LogP contribution in [0.2, 0.25) is 5.02 Å². The van der Waals surface area contributed by atoms with Gasteiger partial charge in [0.05, 0.1) is 23.9 Å². The van der Waals surface area contributed by atoms with E-state index in [1.54, 1.807) is 23.0 Å². The van der Waals surface area contributed by atoms with Crippen LogP contribution in [0.25, 0.3) is 16.9 Å². The lowest BCUT2D eigenvalue weighted by Crippen LogP contribution is -2.02. The normalized spacial score (nSPS) is 10.7. The van der Waals surface area contributed by atoms with E-state index in [2.05, 4.69) is 5.10 Å². The molecule has 6 heteroatoms. The zero-order chi connectivity index (χ0) is 15.7. The number of methoxy groups -OCH3 is 1. The van der Waals surface area contributed by atoms with Crippen molar-refractivity contribution in [2.75, 3.05) is 7.11 Å². The quantitative estimate of drug-likeness (QED) is 0.697. The summed E-state index contributed by atoms with van der Waals surface area (Å²) in [7, 11) is 3.28. The molecule has 0 saturated carbocycles. The van der Waals surface area contributed by atoms with Gasteiger partial charge >= 0.3 is 5.97 Å². The van der Waals surface area contributed by atoms with Crippen molar-refractivity contribution in [2.24, 2.45) is 7.05 Å². The molecule has 0 bridgehead atoms. The maximum Gasteiger partial charge on any atom is 0.339 e. The predicted molar refractivity (Wildman–Crippen MR) is 84.3 cm³/mol. The summed E-state index contributed by atoms with van der Waals surface area (Å²) in [6.45, 7) is 0. The van der Waals surface area contributed by atoms with Crippen LogP contribution in [0, 0.1) is 0 Å². The average Bonchev–Trinajstić information content (AvgIpc) is 3.15. The fraction of sp³-hybridized carbons (Fsp3) is 0.125. The molecule has 5 nitrogen and oxygen atoms in total. The van der Waals surface area contributed by atoms with Crippen LogP contribution in [0.4, 0.5) is 0 Å². The smallest absolute Gasteiger partial charge is 0.339 e. The van der Waals surface area contributed by atoms with E-state index >= 15 is 0 Å². The molecular weight excluding hydrogens is 302 g/mol. The highest BCUT2D eigenvalue weighted by atomic mass is 35.5. The van der Waals surface area contributed by atoms with Gasteiger partial charge in [-0.05, 0) is 29.8 Å². The van der Waals surface area contributed by atoms with E-state index in [-0.39, 0.29) is 0 Å². The number of ether oxygens (including phenoxy) is 1. The van der Waals surface area contributed by atoms with Crippen LogP contribution in [-0.4, -0.2) is 27.4 Å². The number of halogens is 1. The van der Waals surface area contributed by atoms with E-state index in [0.29, 0.717) is 10.6 Å². The van der Waals surface area contributed by atoms with Gasteiger partial charge in [0.2, 0.25) is 0 Å². The first-order chi connectivity index (χ1) is 10.6. The fourth-order valence-corrected chi connectivity index (χ4v) is 2.45. The number of nitrogens with zero attached hydrogens (tertiary/aromatic N) is 3. The summed E-state index contributed by atoms with van der Waals surface area (Å²) in [5.74, 6) is 0.495. The second-order valence-electron chi connectivity index (χ2n) is 4.84. The van der Waals surface area contributed by atoms with E-state index in [1.807, 2.05) is 42.2 Å². The molecule has 2 aromatic heterocycles. The van der Waals surface area contributed by atoms with Gasteiger partial charge in [-0.15, -0.1) is 0 Å². The van der Waals surface area contributed by atoms with Gasteiger partial charge in [-0.3, -0.25) is 0 Å². The average molecular weight is 316 g/mol. The van der Waals surface area contributed by atoms with Crippen LogP contribution in [0.5, 0.6) is 0 Å². The van der Waals surface area contributed by atoms with Crippen LogP contribution in [0.15, 0.2) is 48.9 Å². The third-order valence-electron chi connectivity index (χ3n) is 3.44. The molecule has 1 aromatic carbocycles. The maximum absolute atomic E-state index is 11.7. The molecule has 3 aromatic rings. The Morgan fingerprint density at radius 2 is 2.09 bits per heavy atom. The van der Waals surface area contributed by atoms with Gasteiger partial charge in [-0.1, -0.05) is 17.7 Å². The highest BCUT2D eigenvalue weighted by Crippen LogP contribution is 2.26. The lowest BCUT2D eigenvalue weighted by Gasteiger charge is -2.05. The number of carbonyl (C=O) groups is 1. The van der Waals surface area contributed by atoms with Crippen molar-refractivity contribution in [3.63, 3.8) is 0 Å².